The van der Waals surface area contributed by atoms with Crippen LogP contribution >= 0.6 is 0 Å². The van der Waals surface area contributed by atoms with Crippen molar-refractivity contribution >= 4 is 5.78 Å². The van der Waals surface area contributed by atoms with Gasteiger partial charge in [0.1, 0.15) is 0 Å². The molecule has 0 fully saturated rings. The van der Waals surface area contributed by atoms with E-state index in [-0.39, 0.29) is 31.6 Å². The number of carbonyl (C=O) groups is 1. The summed E-state index contributed by atoms with van der Waals surface area (Å²) in [5.41, 5.74) is 0. The van der Waals surface area contributed by atoms with Gasteiger partial charge < -0.3 is 5.11 Å². The van der Waals surface area contributed by atoms with Crippen LogP contribution in [-0.2, 0) is 24.9 Å². The molecule has 93 valence electrons. The zero-order chi connectivity index (χ0) is 11.5. The first kappa shape index (κ1) is 17.7. The van der Waals surface area contributed by atoms with Crippen molar-refractivity contribution in [2.45, 2.75) is 39.5 Å². The standard InChI is InChI=1S/C8H12.C5H8O2.Ir/c1-2-4-6-8-7-5-3-1;1-4(6)3-5(2)7;/h1-2,7-8H,3-6H2;3,6H,1-2H3;/b2-1-,8-7-;4-3-;. The fourth-order valence-corrected chi connectivity index (χ4v) is 1.15. The number of ketones is 1. The van der Waals surface area contributed by atoms with Crippen LogP contribution in [0.4, 0.5) is 0 Å². The summed E-state index contributed by atoms with van der Waals surface area (Å²) in [6.45, 7) is 2.85. The molecule has 1 aliphatic carbocycles. The van der Waals surface area contributed by atoms with Crippen LogP contribution in [0.15, 0.2) is 36.1 Å². The van der Waals surface area contributed by atoms with Gasteiger partial charge in [-0.25, -0.2) is 0 Å². The average Bonchev–Trinajstić information content (AvgIpc) is 1.99. The summed E-state index contributed by atoms with van der Waals surface area (Å²) in [5, 5.41) is 8.36. The molecule has 0 saturated heterocycles. The Hall–Kier alpha value is -0.661. The van der Waals surface area contributed by atoms with E-state index in [4.69, 9.17) is 5.11 Å². The number of carbonyl (C=O) groups excluding carboxylic acids is 1. The summed E-state index contributed by atoms with van der Waals surface area (Å²) in [4.78, 5) is 10.0. The van der Waals surface area contributed by atoms with Crippen LogP contribution in [-0.4, -0.2) is 10.9 Å². The van der Waals surface area contributed by atoms with Crippen molar-refractivity contribution in [3.05, 3.63) is 36.1 Å². The van der Waals surface area contributed by atoms with E-state index < -0.39 is 0 Å². The number of aliphatic hydroxyl groups is 1. The Kier molecular flexibility index (Phi) is 13.7. The van der Waals surface area contributed by atoms with Crippen LogP contribution in [0.1, 0.15) is 39.5 Å². The van der Waals surface area contributed by atoms with Crippen molar-refractivity contribution in [1.82, 2.24) is 0 Å². The molecule has 0 unspecified atom stereocenters. The van der Waals surface area contributed by atoms with Crippen LogP contribution in [0, 0.1) is 0 Å². The van der Waals surface area contributed by atoms with Crippen LogP contribution in [0.3, 0.4) is 0 Å². The molecule has 1 radical (unpaired) electrons. The van der Waals surface area contributed by atoms with Gasteiger partial charge in [-0.05, 0) is 39.5 Å². The van der Waals surface area contributed by atoms with E-state index in [0.29, 0.717) is 0 Å². The van der Waals surface area contributed by atoms with Crippen molar-refractivity contribution in [2.24, 2.45) is 0 Å². The molecule has 0 amide bonds. The van der Waals surface area contributed by atoms with Gasteiger partial charge in [-0.15, -0.1) is 0 Å². The summed E-state index contributed by atoms with van der Waals surface area (Å²) in [5.74, 6) is -0.0625. The quantitative estimate of drug-likeness (QED) is 0.414. The third kappa shape index (κ3) is 15.8. The molecule has 1 aliphatic rings. The van der Waals surface area contributed by atoms with Crippen molar-refractivity contribution in [3.63, 3.8) is 0 Å². The zero-order valence-corrected chi connectivity index (χ0v) is 12.3. The van der Waals surface area contributed by atoms with E-state index in [0.717, 1.165) is 0 Å². The Morgan fingerprint density at radius 2 is 1.31 bits per heavy atom. The summed E-state index contributed by atoms with van der Waals surface area (Å²) in [6.07, 6.45) is 15.2. The Balaban J connectivity index is 0. The maximum absolute atomic E-state index is 10.0. The van der Waals surface area contributed by atoms with Gasteiger partial charge in [0, 0.05) is 26.2 Å². The molecule has 0 saturated carbocycles. The molecule has 2 nitrogen and oxygen atoms in total. The molecule has 1 N–H and O–H groups in total. The molecule has 0 heterocycles. The Morgan fingerprint density at radius 3 is 1.44 bits per heavy atom. The van der Waals surface area contributed by atoms with Gasteiger partial charge in [-0.3, -0.25) is 4.79 Å². The van der Waals surface area contributed by atoms with Crippen LogP contribution < -0.4 is 0 Å². The van der Waals surface area contributed by atoms with E-state index in [1.807, 2.05) is 0 Å². The topological polar surface area (TPSA) is 37.3 Å². The normalized spacial score (nSPS) is 19.0. The fourth-order valence-electron chi connectivity index (χ4n) is 1.15. The van der Waals surface area contributed by atoms with Crippen LogP contribution in [0.25, 0.3) is 0 Å². The molecular weight excluding hydrogens is 380 g/mol. The number of hydrogen-bond acceptors (Lipinski definition) is 2. The third-order valence-corrected chi connectivity index (χ3v) is 1.75. The van der Waals surface area contributed by atoms with Crippen molar-refractivity contribution in [1.29, 1.82) is 0 Å². The predicted octanol–water partition coefficient (Wildman–Crippen LogP) is 3.71. The van der Waals surface area contributed by atoms with Crippen molar-refractivity contribution < 1.29 is 30.0 Å². The maximum atomic E-state index is 10.0. The van der Waals surface area contributed by atoms with Gasteiger partial charge in [0.2, 0.25) is 0 Å². The van der Waals surface area contributed by atoms with Gasteiger partial charge in [0.15, 0.2) is 5.78 Å². The molecule has 0 aliphatic heterocycles. The molecular formula is C13H20IrO2. The minimum absolute atomic E-state index is 0. The number of allylic oxidation sites excluding steroid dienone is 6. The van der Waals surface area contributed by atoms with E-state index in [1.54, 1.807) is 0 Å². The molecule has 0 atom stereocenters. The Morgan fingerprint density at radius 1 is 1.00 bits per heavy atom. The second-order valence-electron chi connectivity index (χ2n) is 3.49. The zero-order valence-electron chi connectivity index (χ0n) is 9.90. The number of hydrogen-bond donors (Lipinski definition) is 1. The largest absolute Gasteiger partial charge is 0.512 e. The Labute approximate surface area is 111 Å². The summed E-state index contributed by atoms with van der Waals surface area (Å²) >= 11 is 0. The van der Waals surface area contributed by atoms with Crippen molar-refractivity contribution in [2.75, 3.05) is 0 Å². The van der Waals surface area contributed by atoms with Crippen LogP contribution in [0.2, 0.25) is 0 Å². The van der Waals surface area contributed by atoms with Gasteiger partial charge in [0.05, 0.1) is 5.76 Å². The van der Waals surface area contributed by atoms with Gasteiger partial charge in [-0.2, -0.15) is 0 Å². The first-order chi connectivity index (χ1) is 7.13. The second-order valence-corrected chi connectivity index (χ2v) is 3.49. The maximum Gasteiger partial charge on any atom is 0.155 e. The van der Waals surface area contributed by atoms with Crippen molar-refractivity contribution in [3.8, 4) is 0 Å². The summed E-state index contributed by atoms with van der Waals surface area (Å²) in [6, 6.07) is 0. The average molecular weight is 401 g/mol. The first-order valence-corrected chi connectivity index (χ1v) is 5.30. The molecule has 3 heteroatoms. The monoisotopic (exact) mass is 401 g/mol. The minimum Gasteiger partial charge on any atom is -0.512 e. The fraction of sp³-hybridized carbons (Fsp3) is 0.462. The number of rotatable bonds is 1. The van der Waals surface area contributed by atoms with Gasteiger partial charge in [0.25, 0.3) is 0 Å². The molecule has 0 aromatic carbocycles. The molecule has 0 aromatic rings. The van der Waals surface area contributed by atoms with E-state index >= 15 is 0 Å². The van der Waals surface area contributed by atoms with Gasteiger partial charge >= 0.3 is 0 Å². The summed E-state index contributed by atoms with van der Waals surface area (Å²) < 4.78 is 0. The van der Waals surface area contributed by atoms with E-state index in [2.05, 4.69) is 24.3 Å². The molecule has 0 bridgehead atoms. The first-order valence-electron chi connectivity index (χ1n) is 5.30. The molecule has 0 aromatic heterocycles. The SMILES string of the molecule is C1=C\CC/C=C\CC/1.CC(=O)/C=C(/C)O.[Ir]. The summed E-state index contributed by atoms with van der Waals surface area (Å²) in [7, 11) is 0. The molecule has 0 spiro atoms. The molecule has 1 rings (SSSR count). The number of aliphatic hydroxyl groups excluding tert-OH is 1. The Bertz CT molecular complexity index is 235. The van der Waals surface area contributed by atoms with Gasteiger partial charge in [-0.1, -0.05) is 24.3 Å². The minimum atomic E-state index is -0.125. The third-order valence-electron chi connectivity index (χ3n) is 1.75. The van der Waals surface area contributed by atoms with E-state index in [1.165, 1.54) is 45.6 Å². The predicted molar refractivity (Wildman–Crippen MR) is 63.8 cm³/mol. The molecule has 16 heavy (non-hydrogen) atoms. The van der Waals surface area contributed by atoms with E-state index in [9.17, 15) is 4.79 Å². The second kappa shape index (κ2) is 12.4. The van der Waals surface area contributed by atoms with Crippen LogP contribution in [0.5, 0.6) is 0 Å². The smallest absolute Gasteiger partial charge is 0.155 e.